The first kappa shape index (κ1) is 27.3. The number of carbonyl (C=O) groups is 2. The van der Waals surface area contributed by atoms with E-state index in [1.54, 1.807) is 30.9 Å². The first-order chi connectivity index (χ1) is 18.4. The third-order valence-corrected chi connectivity index (χ3v) is 8.41. The summed E-state index contributed by atoms with van der Waals surface area (Å²) in [6.45, 7) is 4.75. The van der Waals surface area contributed by atoms with Gasteiger partial charge in [0.25, 0.3) is 0 Å². The Morgan fingerprint density at radius 2 is 1.77 bits per heavy atom. The topological polar surface area (TPSA) is 70.7 Å². The molecule has 2 saturated heterocycles. The number of nitrogens with zero attached hydrogens (tertiary/aromatic N) is 1. The second kappa shape index (κ2) is 10.0. The third kappa shape index (κ3) is 5.56. The fraction of sp³-hybridized carbons (Fsp3) is 0.517. The monoisotopic (exact) mass is 547 g/mol. The van der Waals surface area contributed by atoms with Crippen molar-refractivity contribution in [2.45, 2.75) is 62.6 Å². The maximum absolute atomic E-state index is 14.2. The van der Waals surface area contributed by atoms with Crippen molar-refractivity contribution in [1.29, 1.82) is 0 Å². The molecular formula is C29H33F4N3O3. The molecule has 2 N–H and O–H groups in total. The zero-order chi connectivity index (χ0) is 28.0. The Morgan fingerprint density at radius 1 is 1.08 bits per heavy atom. The molecule has 0 unspecified atom stereocenters. The summed E-state index contributed by atoms with van der Waals surface area (Å²) in [6, 6.07) is 9.06. The van der Waals surface area contributed by atoms with Gasteiger partial charge >= 0.3 is 12.2 Å². The quantitative estimate of drug-likeness (QED) is 0.478. The molecule has 1 saturated carbocycles. The van der Waals surface area contributed by atoms with Gasteiger partial charge in [-0.1, -0.05) is 24.3 Å². The smallest absolute Gasteiger partial charge is 0.416 e. The summed E-state index contributed by atoms with van der Waals surface area (Å²) in [5.41, 5.74) is -1.57. The zero-order valence-corrected chi connectivity index (χ0v) is 22.0. The van der Waals surface area contributed by atoms with E-state index in [0.717, 1.165) is 30.5 Å². The highest BCUT2D eigenvalue weighted by molar-refractivity contribution is 5.87. The Morgan fingerprint density at radius 3 is 2.44 bits per heavy atom. The van der Waals surface area contributed by atoms with Gasteiger partial charge in [-0.05, 0) is 63.1 Å². The van der Waals surface area contributed by atoms with E-state index < -0.39 is 28.5 Å². The van der Waals surface area contributed by atoms with Crippen molar-refractivity contribution in [3.8, 4) is 5.75 Å². The van der Waals surface area contributed by atoms with Gasteiger partial charge in [0.2, 0.25) is 5.91 Å². The van der Waals surface area contributed by atoms with Crippen molar-refractivity contribution < 1.29 is 31.9 Å². The minimum absolute atomic E-state index is 0.223. The number of hydrogen-bond donors (Lipinski definition) is 2. The number of halogens is 4. The molecule has 210 valence electrons. The fourth-order valence-corrected chi connectivity index (χ4v) is 5.75. The Bertz CT molecular complexity index is 1250. The molecule has 2 aliphatic heterocycles. The predicted octanol–water partition coefficient (Wildman–Crippen LogP) is 5.37. The third-order valence-electron chi connectivity index (χ3n) is 8.41. The van der Waals surface area contributed by atoms with Crippen molar-refractivity contribution in [3.63, 3.8) is 0 Å². The minimum Gasteiger partial charge on any atom is -0.493 e. The predicted molar refractivity (Wildman–Crippen MR) is 137 cm³/mol. The minimum atomic E-state index is -4.50. The van der Waals surface area contributed by atoms with E-state index in [0.29, 0.717) is 56.3 Å². The van der Waals surface area contributed by atoms with E-state index in [-0.39, 0.29) is 17.9 Å². The molecule has 2 aromatic rings. The average molecular weight is 548 g/mol. The lowest BCUT2D eigenvalue weighted by atomic mass is 9.71. The number of amides is 3. The average Bonchev–Trinajstić information content (AvgIpc) is 3.72. The summed E-state index contributed by atoms with van der Waals surface area (Å²) in [4.78, 5) is 27.7. The molecule has 1 aliphatic carbocycles. The largest absolute Gasteiger partial charge is 0.493 e. The number of alkyl halides is 3. The number of carbonyl (C=O) groups excluding carboxylic acids is 2. The van der Waals surface area contributed by atoms with Crippen molar-refractivity contribution in [2.24, 2.45) is 5.92 Å². The first-order valence-corrected chi connectivity index (χ1v) is 13.3. The lowest BCUT2D eigenvalue weighted by molar-refractivity contribution is -0.140. The van der Waals surface area contributed by atoms with Crippen LogP contribution in [0.5, 0.6) is 5.75 Å². The van der Waals surface area contributed by atoms with E-state index in [4.69, 9.17) is 4.74 Å². The summed E-state index contributed by atoms with van der Waals surface area (Å²) < 4.78 is 60.1. The van der Waals surface area contributed by atoms with E-state index >= 15 is 0 Å². The molecule has 1 atom stereocenters. The van der Waals surface area contributed by atoms with E-state index in [1.165, 1.54) is 18.2 Å². The molecule has 3 fully saturated rings. The van der Waals surface area contributed by atoms with E-state index in [9.17, 15) is 27.2 Å². The fourth-order valence-electron chi connectivity index (χ4n) is 5.75. The maximum Gasteiger partial charge on any atom is 0.416 e. The van der Waals surface area contributed by atoms with Crippen molar-refractivity contribution >= 4 is 11.9 Å². The van der Waals surface area contributed by atoms with Crippen molar-refractivity contribution in [2.75, 3.05) is 26.2 Å². The van der Waals surface area contributed by atoms with Crippen LogP contribution in [0.15, 0.2) is 42.5 Å². The zero-order valence-electron chi connectivity index (χ0n) is 22.0. The molecule has 10 heteroatoms. The van der Waals surface area contributed by atoms with Crippen LogP contribution in [0.25, 0.3) is 0 Å². The van der Waals surface area contributed by atoms with Crippen LogP contribution in [0.1, 0.15) is 62.1 Å². The van der Waals surface area contributed by atoms with Crippen LogP contribution in [-0.4, -0.2) is 48.6 Å². The molecule has 2 heterocycles. The number of urea groups is 1. The summed E-state index contributed by atoms with van der Waals surface area (Å²) in [5, 5.41) is 5.94. The van der Waals surface area contributed by atoms with Crippen molar-refractivity contribution in [1.82, 2.24) is 15.5 Å². The number of nitrogens with one attached hydrogen (secondary N) is 2. The number of hydrogen-bond acceptors (Lipinski definition) is 3. The van der Waals surface area contributed by atoms with Gasteiger partial charge in [-0.3, -0.25) is 4.79 Å². The number of ether oxygens (including phenoxy) is 1. The molecule has 0 radical (unpaired) electrons. The molecule has 1 spiro atoms. The van der Waals surface area contributed by atoms with Gasteiger partial charge in [0.1, 0.15) is 11.6 Å². The number of likely N-dealkylation sites (tertiary alicyclic amines) is 1. The number of rotatable bonds is 6. The van der Waals surface area contributed by atoms with E-state index in [2.05, 4.69) is 10.6 Å². The summed E-state index contributed by atoms with van der Waals surface area (Å²) in [7, 11) is 0. The van der Waals surface area contributed by atoms with Gasteiger partial charge in [0.05, 0.1) is 23.1 Å². The van der Waals surface area contributed by atoms with Crippen LogP contribution >= 0.6 is 0 Å². The lowest BCUT2D eigenvalue weighted by Gasteiger charge is -2.50. The van der Waals surface area contributed by atoms with Crippen LogP contribution in [0.2, 0.25) is 0 Å². The Hall–Kier alpha value is -3.30. The second-order valence-corrected chi connectivity index (χ2v) is 11.5. The first-order valence-electron chi connectivity index (χ1n) is 13.3. The number of piperidine rings is 1. The standard InChI is InChI=1S/C29H33F4N3O3/c1-27(2,19-4-3-5-20(14-19)29(31,32)33)25(37)36-12-10-28(11-13-36)23(16-34-26(38)35-28)22-9-8-21(30)15-24(22)39-17-18-6-7-18/h3-5,8-9,14-15,18,23H,6-7,10-13,16-17H2,1-2H3,(H2,34,35,38)/t23-/m1/s1. The van der Waals surface area contributed by atoms with Crippen LogP contribution in [0.4, 0.5) is 22.4 Å². The molecule has 5 rings (SSSR count). The molecule has 0 bridgehead atoms. The maximum atomic E-state index is 14.2. The molecule has 3 aliphatic rings. The molecule has 3 amide bonds. The van der Waals surface area contributed by atoms with Gasteiger partial charge < -0.3 is 20.3 Å². The summed E-state index contributed by atoms with van der Waals surface area (Å²) >= 11 is 0. The van der Waals surface area contributed by atoms with Gasteiger partial charge in [0, 0.05) is 37.2 Å². The SMILES string of the molecule is CC(C)(C(=O)N1CCC2(CC1)NC(=O)NC[C@@H]2c1ccc(F)cc1OCC1CC1)c1cccc(C(F)(F)F)c1. The van der Waals surface area contributed by atoms with Crippen LogP contribution in [0.3, 0.4) is 0 Å². The molecule has 6 nitrogen and oxygen atoms in total. The summed E-state index contributed by atoms with van der Waals surface area (Å²) in [6.07, 6.45) is -1.44. The Balaban J connectivity index is 1.36. The highest BCUT2D eigenvalue weighted by atomic mass is 19.4. The summed E-state index contributed by atoms with van der Waals surface area (Å²) in [5.74, 6) is 0.0493. The molecular weight excluding hydrogens is 514 g/mol. The van der Waals surface area contributed by atoms with Gasteiger partial charge in [-0.25, -0.2) is 9.18 Å². The highest BCUT2D eigenvalue weighted by Gasteiger charge is 2.49. The van der Waals surface area contributed by atoms with Crippen LogP contribution in [0, 0.1) is 11.7 Å². The Kier molecular flexibility index (Phi) is 7.01. The van der Waals surface area contributed by atoms with Gasteiger partial charge in [-0.2, -0.15) is 13.2 Å². The van der Waals surface area contributed by atoms with Gasteiger partial charge in [-0.15, -0.1) is 0 Å². The van der Waals surface area contributed by atoms with Crippen LogP contribution < -0.4 is 15.4 Å². The normalized spacial score (nSPS) is 21.3. The number of benzene rings is 2. The molecule has 2 aromatic carbocycles. The van der Waals surface area contributed by atoms with Crippen molar-refractivity contribution in [3.05, 3.63) is 65.0 Å². The second-order valence-electron chi connectivity index (χ2n) is 11.5. The van der Waals surface area contributed by atoms with E-state index in [1.807, 2.05) is 0 Å². The highest BCUT2D eigenvalue weighted by Crippen LogP contribution is 2.43. The van der Waals surface area contributed by atoms with Crippen LogP contribution in [-0.2, 0) is 16.4 Å². The molecule has 39 heavy (non-hydrogen) atoms. The lowest BCUT2D eigenvalue weighted by Crippen LogP contribution is -2.66. The Labute approximate surface area is 225 Å². The van der Waals surface area contributed by atoms with Gasteiger partial charge in [0.15, 0.2) is 0 Å². The molecule has 0 aromatic heterocycles.